The number of sulfonamides is 1. The lowest BCUT2D eigenvalue weighted by molar-refractivity contribution is 0.602. The monoisotopic (exact) mass is 341 g/mol. The first-order valence-corrected chi connectivity index (χ1v) is 9.02. The Balaban J connectivity index is 2.15. The van der Waals surface area contributed by atoms with Crippen molar-refractivity contribution in [2.24, 2.45) is 0 Å². The Morgan fingerprint density at radius 3 is 2.38 bits per heavy atom. The minimum Gasteiger partial charge on any atom is -0.377 e. The third-order valence-corrected chi connectivity index (χ3v) is 5.27. The Hall–Kier alpha value is -2.60. The number of aryl methyl sites for hydroxylation is 1. The highest BCUT2D eigenvalue weighted by Gasteiger charge is 2.19. The quantitative estimate of drug-likeness (QED) is 0.790. The van der Waals surface area contributed by atoms with Crippen LogP contribution < -0.4 is 9.62 Å². The Kier molecular flexibility index (Phi) is 4.15. The molecule has 1 aromatic heterocycles. The minimum absolute atomic E-state index is 0.244. The molecule has 124 valence electrons. The smallest absolute Gasteiger partial charge is 0.263 e. The number of nitrogens with zero attached hydrogens (tertiary/aromatic N) is 2. The average Bonchev–Trinajstić information content (AvgIpc) is 2.55. The molecule has 6 heteroatoms. The van der Waals surface area contributed by atoms with Crippen molar-refractivity contribution in [2.75, 3.05) is 23.7 Å². The molecule has 0 amide bonds. The van der Waals surface area contributed by atoms with E-state index >= 15 is 0 Å². The summed E-state index contributed by atoms with van der Waals surface area (Å²) in [6, 6.07) is 14.5. The van der Waals surface area contributed by atoms with Crippen LogP contribution in [0.5, 0.6) is 0 Å². The van der Waals surface area contributed by atoms with E-state index in [0.717, 1.165) is 16.6 Å². The second-order valence-corrected chi connectivity index (χ2v) is 7.45. The summed E-state index contributed by atoms with van der Waals surface area (Å²) < 4.78 is 28.4. The number of hydrogen-bond donors (Lipinski definition) is 1. The zero-order valence-electron chi connectivity index (χ0n) is 13.8. The molecule has 0 unspecified atom stereocenters. The molecular formula is C18H19N3O2S. The fourth-order valence-electron chi connectivity index (χ4n) is 2.66. The molecule has 2 aromatic carbocycles. The number of benzene rings is 2. The minimum atomic E-state index is -3.74. The molecule has 1 heterocycles. The first-order valence-electron chi connectivity index (χ1n) is 7.53. The van der Waals surface area contributed by atoms with Crippen molar-refractivity contribution in [3.63, 3.8) is 0 Å². The highest BCUT2D eigenvalue weighted by Crippen LogP contribution is 2.31. The van der Waals surface area contributed by atoms with Crippen LogP contribution in [0.25, 0.3) is 10.8 Å². The molecule has 0 aliphatic carbocycles. The summed E-state index contributed by atoms with van der Waals surface area (Å²) in [6.45, 7) is 1.82. The van der Waals surface area contributed by atoms with E-state index in [4.69, 9.17) is 0 Å². The van der Waals surface area contributed by atoms with Crippen molar-refractivity contribution in [1.29, 1.82) is 0 Å². The fourth-order valence-corrected chi connectivity index (χ4v) is 3.97. The predicted molar refractivity (Wildman–Crippen MR) is 98.1 cm³/mol. The van der Waals surface area contributed by atoms with E-state index in [1.807, 2.05) is 56.3 Å². The maximum absolute atomic E-state index is 12.9. The van der Waals surface area contributed by atoms with Crippen molar-refractivity contribution >= 4 is 32.3 Å². The first-order chi connectivity index (χ1) is 11.4. The summed E-state index contributed by atoms with van der Waals surface area (Å²) in [4.78, 5) is 6.33. The Bertz CT molecular complexity index is 998. The topological polar surface area (TPSA) is 62.3 Å². The normalized spacial score (nSPS) is 11.5. The predicted octanol–water partition coefficient (Wildman–Crippen LogP) is 3.41. The van der Waals surface area contributed by atoms with Gasteiger partial charge in [-0.1, -0.05) is 30.3 Å². The zero-order valence-corrected chi connectivity index (χ0v) is 14.6. The average molecular weight is 341 g/mol. The van der Waals surface area contributed by atoms with Gasteiger partial charge in [-0.05, 0) is 30.7 Å². The maximum Gasteiger partial charge on any atom is 0.263 e. The van der Waals surface area contributed by atoms with Crippen LogP contribution in [0.1, 0.15) is 5.56 Å². The van der Waals surface area contributed by atoms with E-state index in [0.29, 0.717) is 11.2 Å². The van der Waals surface area contributed by atoms with Crippen molar-refractivity contribution in [2.45, 2.75) is 11.8 Å². The van der Waals surface area contributed by atoms with Gasteiger partial charge in [0.05, 0.1) is 4.90 Å². The number of aromatic nitrogens is 1. The number of anilines is 2. The van der Waals surface area contributed by atoms with Gasteiger partial charge in [0.1, 0.15) is 5.82 Å². The second kappa shape index (κ2) is 6.13. The molecule has 0 radical (unpaired) electrons. The number of fused-ring (bicyclic) bond motifs is 1. The van der Waals surface area contributed by atoms with E-state index < -0.39 is 10.0 Å². The van der Waals surface area contributed by atoms with Gasteiger partial charge < -0.3 is 4.90 Å². The van der Waals surface area contributed by atoms with Gasteiger partial charge in [-0.25, -0.2) is 13.4 Å². The van der Waals surface area contributed by atoms with Gasteiger partial charge in [-0.3, -0.25) is 4.72 Å². The summed E-state index contributed by atoms with van der Waals surface area (Å²) in [5.41, 5.74) is 1.74. The van der Waals surface area contributed by atoms with Crippen molar-refractivity contribution in [3.8, 4) is 0 Å². The van der Waals surface area contributed by atoms with E-state index in [2.05, 4.69) is 9.71 Å². The molecule has 0 saturated carbocycles. The molecule has 0 aliphatic rings. The lowest BCUT2D eigenvalue weighted by Crippen LogP contribution is -2.15. The fraction of sp³-hybridized carbons (Fsp3) is 0.167. The van der Waals surface area contributed by atoms with Gasteiger partial charge in [0, 0.05) is 36.8 Å². The van der Waals surface area contributed by atoms with Crippen LogP contribution in [0.4, 0.5) is 11.5 Å². The van der Waals surface area contributed by atoms with Gasteiger partial charge in [0.25, 0.3) is 10.0 Å². The van der Waals surface area contributed by atoms with Gasteiger partial charge in [-0.2, -0.15) is 0 Å². The molecule has 5 nitrogen and oxygen atoms in total. The summed E-state index contributed by atoms with van der Waals surface area (Å²) in [7, 11) is 0.136. The molecule has 3 rings (SSSR count). The Morgan fingerprint density at radius 1 is 0.958 bits per heavy atom. The van der Waals surface area contributed by atoms with Crippen molar-refractivity contribution in [1.82, 2.24) is 4.98 Å². The van der Waals surface area contributed by atoms with Crippen LogP contribution >= 0.6 is 0 Å². The van der Waals surface area contributed by atoms with Crippen molar-refractivity contribution in [3.05, 3.63) is 60.3 Å². The Labute approximate surface area is 142 Å². The van der Waals surface area contributed by atoms with Crippen LogP contribution in [-0.4, -0.2) is 27.5 Å². The molecular weight excluding hydrogens is 322 g/mol. The molecule has 0 spiro atoms. The summed E-state index contributed by atoms with van der Waals surface area (Å²) in [6.07, 6.45) is 1.57. The van der Waals surface area contributed by atoms with E-state index in [-0.39, 0.29) is 4.90 Å². The molecule has 24 heavy (non-hydrogen) atoms. The van der Waals surface area contributed by atoms with Crippen LogP contribution in [0.3, 0.4) is 0 Å². The highest BCUT2D eigenvalue weighted by molar-refractivity contribution is 7.93. The number of rotatable bonds is 4. The van der Waals surface area contributed by atoms with Crippen molar-refractivity contribution < 1.29 is 8.42 Å². The van der Waals surface area contributed by atoms with E-state index in [1.54, 1.807) is 24.4 Å². The SMILES string of the molecule is Cc1cccnc1NS(=O)(=O)c1cccc2c(N(C)C)cccc12. The molecule has 0 atom stereocenters. The van der Waals surface area contributed by atoms with Crippen LogP contribution in [-0.2, 0) is 10.0 Å². The first kappa shape index (κ1) is 16.3. The van der Waals surface area contributed by atoms with Crippen LogP contribution in [0.2, 0.25) is 0 Å². The number of hydrogen-bond acceptors (Lipinski definition) is 4. The number of pyridine rings is 1. The lowest BCUT2D eigenvalue weighted by Gasteiger charge is -2.17. The third-order valence-electron chi connectivity index (χ3n) is 3.87. The summed E-state index contributed by atoms with van der Waals surface area (Å²) in [5.74, 6) is 0.346. The molecule has 1 N–H and O–H groups in total. The maximum atomic E-state index is 12.9. The molecule has 0 fully saturated rings. The largest absolute Gasteiger partial charge is 0.377 e. The van der Waals surface area contributed by atoms with E-state index in [9.17, 15) is 8.42 Å². The highest BCUT2D eigenvalue weighted by atomic mass is 32.2. The molecule has 0 aliphatic heterocycles. The van der Waals surface area contributed by atoms with Gasteiger partial charge in [-0.15, -0.1) is 0 Å². The summed E-state index contributed by atoms with van der Waals surface area (Å²) >= 11 is 0. The van der Waals surface area contributed by atoms with E-state index in [1.165, 1.54) is 0 Å². The summed E-state index contributed by atoms with van der Waals surface area (Å²) in [5, 5.41) is 1.58. The molecule has 0 bridgehead atoms. The van der Waals surface area contributed by atoms with Gasteiger partial charge in [0.2, 0.25) is 0 Å². The number of nitrogens with one attached hydrogen (secondary N) is 1. The second-order valence-electron chi connectivity index (χ2n) is 5.80. The lowest BCUT2D eigenvalue weighted by atomic mass is 10.1. The standard InChI is InChI=1S/C18H19N3O2S/c1-13-7-6-12-19-18(13)20-24(22,23)17-11-5-8-14-15(17)9-4-10-16(14)21(2)3/h4-12H,1-3H3,(H,19,20). The van der Waals surface area contributed by atoms with Crippen LogP contribution in [0.15, 0.2) is 59.6 Å². The van der Waals surface area contributed by atoms with Crippen LogP contribution in [0, 0.1) is 6.92 Å². The zero-order chi connectivity index (χ0) is 17.3. The molecule has 3 aromatic rings. The Morgan fingerprint density at radius 2 is 1.67 bits per heavy atom. The van der Waals surface area contributed by atoms with Gasteiger partial charge in [0.15, 0.2) is 0 Å². The molecule has 0 saturated heterocycles. The third kappa shape index (κ3) is 2.92. The van der Waals surface area contributed by atoms with Gasteiger partial charge >= 0.3 is 0 Å².